The summed E-state index contributed by atoms with van der Waals surface area (Å²) in [7, 11) is 0. The van der Waals surface area contributed by atoms with Gasteiger partial charge in [-0.05, 0) is 24.3 Å². The molecule has 0 bridgehead atoms. The number of anilines is 1. The summed E-state index contributed by atoms with van der Waals surface area (Å²) in [6, 6.07) is 13.8. The van der Waals surface area contributed by atoms with Gasteiger partial charge in [0.1, 0.15) is 17.5 Å². The van der Waals surface area contributed by atoms with Gasteiger partial charge in [0, 0.05) is 49.2 Å². The maximum Gasteiger partial charge on any atom is 0.519 e. The molecule has 0 radical (unpaired) electrons. The van der Waals surface area contributed by atoms with Crippen molar-refractivity contribution in [2.45, 2.75) is 50.1 Å². The van der Waals surface area contributed by atoms with Crippen LogP contribution in [-0.4, -0.2) is 51.2 Å². The second-order valence-corrected chi connectivity index (χ2v) is 12.0. The van der Waals surface area contributed by atoms with Crippen molar-refractivity contribution in [3.63, 3.8) is 0 Å². The molecule has 232 valence electrons. The van der Waals surface area contributed by atoms with Gasteiger partial charge in [0.15, 0.2) is 22.1 Å². The van der Waals surface area contributed by atoms with E-state index in [-0.39, 0.29) is 24.3 Å². The van der Waals surface area contributed by atoms with E-state index in [9.17, 15) is 19.5 Å². The third-order valence-corrected chi connectivity index (χ3v) is 7.83. The van der Waals surface area contributed by atoms with E-state index in [1.165, 1.54) is 9.80 Å². The molecule has 1 aliphatic heterocycles. The lowest BCUT2D eigenvalue weighted by atomic mass is 10.1. The van der Waals surface area contributed by atoms with Crippen molar-refractivity contribution >= 4 is 52.5 Å². The zero-order valence-corrected chi connectivity index (χ0v) is 25.9. The first-order chi connectivity index (χ1) is 21.0. The number of alkyl halides is 2. The largest absolute Gasteiger partial charge is 0.519 e. The van der Waals surface area contributed by atoms with Crippen LogP contribution in [0, 0.1) is 0 Å². The number of carboxylic acid groups (broad SMARTS) is 1. The molecule has 5 rings (SSSR count). The normalized spacial score (nSPS) is 13.9. The highest BCUT2D eigenvalue weighted by Crippen LogP contribution is 2.39. The van der Waals surface area contributed by atoms with E-state index in [0.717, 1.165) is 0 Å². The van der Waals surface area contributed by atoms with E-state index in [0.29, 0.717) is 70.7 Å². The highest BCUT2D eigenvalue weighted by atomic mass is 35.5. The topological polar surface area (TPSA) is 139 Å². The molecule has 3 heterocycles. The Morgan fingerprint density at radius 3 is 2.52 bits per heavy atom. The number of ether oxygens (including phenoxy) is 1. The van der Waals surface area contributed by atoms with Crippen molar-refractivity contribution in [1.29, 1.82) is 0 Å². The molecule has 14 heteroatoms. The molecule has 0 unspecified atom stereocenters. The Morgan fingerprint density at radius 2 is 1.84 bits per heavy atom. The van der Waals surface area contributed by atoms with E-state index in [2.05, 4.69) is 5.16 Å². The van der Waals surface area contributed by atoms with Crippen molar-refractivity contribution in [3.8, 4) is 28.3 Å². The Kier molecular flexibility index (Phi) is 9.57. The van der Waals surface area contributed by atoms with E-state index in [4.69, 9.17) is 52.9 Å². The molecule has 4 aromatic rings. The molecule has 1 N–H and O–H groups in total. The Labute approximate surface area is 266 Å². The summed E-state index contributed by atoms with van der Waals surface area (Å²) in [5, 5.41) is 13.9. The number of benzene rings is 2. The lowest BCUT2D eigenvalue weighted by Gasteiger charge is -2.30. The number of nitrogens with zero attached hydrogens (tertiary/aromatic N) is 3. The third kappa shape index (κ3) is 6.90. The number of piperidine rings is 1. The summed E-state index contributed by atoms with van der Waals surface area (Å²) in [6.07, 6.45) is -0.0667. The number of rotatable bonds is 9. The van der Waals surface area contributed by atoms with Crippen LogP contribution in [0.3, 0.4) is 0 Å². The molecule has 44 heavy (non-hydrogen) atoms. The summed E-state index contributed by atoms with van der Waals surface area (Å²) in [5.41, 5.74) is 1.93. The number of carbonyl (C=O) groups is 2. The number of carbonyl (C=O) groups excluding carboxylic acids is 1. The first kappa shape index (κ1) is 31.5. The Hall–Kier alpha value is -3.93. The van der Waals surface area contributed by atoms with Crippen LogP contribution in [-0.2, 0) is 11.3 Å². The second kappa shape index (κ2) is 13.4. The smallest absolute Gasteiger partial charge is 0.490 e. The summed E-state index contributed by atoms with van der Waals surface area (Å²) in [6.45, 7) is 4.26. The molecule has 0 spiro atoms. The van der Waals surface area contributed by atoms with Gasteiger partial charge in [0.25, 0.3) is 5.91 Å². The maximum atomic E-state index is 13.1. The fraction of sp³-hybridized carbons (Fsp3) is 0.333. The first-order valence-electron chi connectivity index (χ1n) is 13.7. The monoisotopic (exact) mass is 663 g/mol. The summed E-state index contributed by atoms with van der Waals surface area (Å²) in [5.74, 6) is -0.314. The van der Waals surface area contributed by atoms with Crippen LogP contribution in [0.2, 0.25) is 5.02 Å². The Morgan fingerprint density at radius 1 is 1.11 bits per heavy atom. The Balaban J connectivity index is 1.43. The highest BCUT2D eigenvalue weighted by molar-refractivity contribution is 6.54. The second-order valence-electron chi connectivity index (χ2n) is 10.4. The molecule has 2 aromatic heterocycles. The minimum atomic E-state index is -1.38. The first-order valence-corrected chi connectivity index (χ1v) is 15.0. The van der Waals surface area contributed by atoms with Crippen LogP contribution < -0.4 is 15.5 Å². The van der Waals surface area contributed by atoms with Crippen LogP contribution in [0.1, 0.15) is 44.1 Å². The predicted octanol–water partition coefficient (Wildman–Crippen LogP) is 7.19. The molecule has 1 saturated heterocycles. The minimum Gasteiger partial charge on any atom is -0.490 e. The van der Waals surface area contributed by atoms with Gasteiger partial charge >= 0.3 is 11.9 Å². The number of hydrogen-bond donors (Lipinski definition) is 1. The van der Waals surface area contributed by atoms with Crippen molar-refractivity contribution in [3.05, 3.63) is 75.7 Å². The lowest BCUT2D eigenvalue weighted by Crippen LogP contribution is -2.41. The minimum absolute atomic E-state index is 0.148. The van der Waals surface area contributed by atoms with Crippen LogP contribution in [0.15, 0.2) is 66.7 Å². The van der Waals surface area contributed by atoms with Gasteiger partial charge in [-0.1, -0.05) is 72.0 Å². The van der Waals surface area contributed by atoms with Crippen LogP contribution in [0.4, 0.5) is 10.5 Å². The molecule has 1 aliphatic rings. The fourth-order valence-electron chi connectivity index (χ4n) is 4.98. The molecular weight excluding hydrogens is 637 g/mol. The average Bonchev–Trinajstić information content (AvgIpc) is 3.63. The molecule has 0 atom stereocenters. The molecule has 11 nitrogen and oxygen atoms in total. The molecule has 0 aliphatic carbocycles. The zero-order chi connectivity index (χ0) is 31.5. The van der Waals surface area contributed by atoms with Gasteiger partial charge in [0.05, 0.1) is 17.1 Å². The van der Waals surface area contributed by atoms with Crippen molar-refractivity contribution in [1.82, 2.24) is 10.1 Å². The highest BCUT2D eigenvalue weighted by Gasteiger charge is 2.28. The van der Waals surface area contributed by atoms with Crippen LogP contribution in [0.25, 0.3) is 22.6 Å². The van der Waals surface area contributed by atoms with Crippen molar-refractivity contribution in [2.75, 3.05) is 18.0 Å². The van der Waals surface area contributed by atoms with Crippen LogP contribution >= 0.6 is 34.8 Å². The maximum absolute atomic E-state index is 13.1. The number of hydrogen-bond acceptors (Lipinski definition) is 8. The molecule has 2 aromatic carbocycles. The SMILES string of the molecule is CC(C)c1oc(=O)oc1CN(C(=O)C(Cl)Cl)c1cccc(-c2cc(-c3c(Cl)cccc3OC3CCN(C(=O)O)CC3)no2)c1. The molecule has 2 amide bonds. The standard InChI is InChI=1S/C30H28Cl3N3O8/c1-16(2)26-24(42-30(40)43-26)15-36(28(37)27(32)33)18-6-3-5-17(13-18)23-14-21(34-44-23)25-20(31)7-4-8-22(25)41-19-9-11-35(12-10-19)29(38)39/h3-8,13-14,16,19,27H,9-12,15H2,1-2H3,(H,38,39). The van der Waals surface area contributed by atoms with Gasteiger partial charge < -0.3 is 33.0 Å². The summed E-state index contributed by atoms with van der Waals surface area (Å²) >= 11 is 18.5. The van der Waals surface area contributed by atoms with E-state index < -0.39 is 22.7 Å². The third-order valence-electron chi connectivity index (χ3n) is 7.14. The lowest BCUT2D eigenvalue weighted by molar-refractivity contribution is -0.117. The fourth-order valence-corrected chi connectivity index (χ4v) is 5.48. The average molecular weight is 665 g/mol. The van der Waals surface area contributed by atoms with Crippen molar-refractivity contribution in [2.24, 2.45) is 0 Å². The Bertz CT molecular complexity index is 1710. The molecule has 1 fully saturated rings. The quantitative estimate of drug-likeness (QED) is 0.184. The number of amides is 2. The van der Waals surface area contributed by atoms with Gasteiger partial charge in [-0.25, -0.2) is 9.59 Å². The van der Waals surface area contributed by atoms with Gasteiger partial charge in [-0.2, -0.15) is 0 Å². The summed E-state index contributed by atoms with van der Waals surface area (Å²) in [4.78, 5) is 37.5. The predicted molar refractivity (Wildman–Crippen MR) is 164 cm³/mol. The number of halogens is 3. The van der Waals surface area contributed by atoms with Gasteiger partial charge in [-0.3, -0.25) is 4.79 Å². The van der Waals surface area contributed by atoms with E-state index >= 15 is 0 Å². The van der Waals surface area contributed by atoms with Gasteiger partial charge in [0.2, 0.25) is 0 Å². The molecular formula is C30H28Cl3N3O8. The van der Waals surface area contributed by atoms with E-state index in [1.807, 2.05) is 13.8 Å². The zero-order valence-electron chi connectivity index (χ0n) is 23.7. The number of likely N-dealkylation sites (tertiary alicyclic amines) is 1. The number of aromatic nitrogens is 1. The van der Waals surface area contributed by atoms with Gasteiger partial charge in [-0.15, -0.1) is 0 Å². The van der Waals surface area contributed by atoms with Crippen LogP contribution in [0.5, 0.6) is 5.75 Å². The summed E-state index contributed by atoms with van der Waals surface area (Å²) < 4.78 is 22.4. The molecule has 0 saturated carbocycles. The van der Waals surface area contributed by atoms with Crippen molar-refractivity contribution < 1.29 is 32.8 Å². The van der Waals surface area contributed by atoms with E-state index in [1.54, 1.807) is 48.5 Å².